The summed E-state index contributed by atoms with van der Waals surface area (Å²) in [5.74, 6) is -3.75. The molecule has 2 amide bonds. The third-order valence-corrected chi connectivity index (χ3v) is 11.5. The van der Waals surface area contributed by atoms with Gasteiger partial charge >= 0.3 is 5.97 Å². The summed E-state index contributed by atoms with van der Waals surface area (Å²) in [6, 6.07) is 14.3. The van der Waals surface area contributed by atoms with Crippen molar-refractivity contribution in [2.75, 3.05) is 90.5 Å². The molecule has 0 spiro atoms. The molecule has 65 heavy (non-hydrogen) atoms. The summed E-state index contributed by atoms with van der Waals surface area (Å²) in [4.78, 5) is 52.7. The first-order valence-electron chi connectivity index (χ1n) is 22.5. The zero-order chi connectivity index (χ0) is 47.5. The van der Waals surface area contributed by atoms with E-state index in [-0.39, 0.29) is 60.7 Å². The Balaban J connectivity index is 1.45. The molecule has 0 saturated heterocycles. The van der Waals surface area contributed by atoms with Crippen LogP contribution in [0.25, 0.3) is 11.1 Å². The zero-order valence-corrected chi connectivity index (χ0v) is 39.2. The van der Waals surface area contributed by atoms with Gasteiger partial charge in [-0.1, -0.05) is 57.5 Å². The summed E-state index contributed by atoms with van der Waals surface area (Å²) in [5, 5.41) is 12.8. The fourth-order valence-corrected chi connectivity index (χ4v) is 8.15. The number of amides is 2. The fraction of sp³-hybridized carbons (Fsp3) is 0.583. The number of rotatable bonds is 35. The second kappa shape index (κ2) is 30.9. The van der Waals surface area contributed by atoms with E-state index in [4.69, 9.17) is 30.4 Å². The Morgan fingerprint density at radius 3 is 2.09 bits per heavy atom. The van der Waals surface area contributed by atoms with E-state index in [2.05, 4.69) is 5.32 Å². The lowest BCUT2D eigenvalue weighted by Gasteiger charge is -2.41. The van der Waals surface area contributed by atoms with Crippen LogP contribution in [0, 0.1) is 23.0 Å². The van der Waals surface area contributed by atoms with Gasteiger partial charge in [-0.05, 0) is 67.6 Å². The topological polar surface area (TPSA) is 198 Å². The lowest BCUT2D eigenvalue weighted by Crippen LogP contribution is -2.44. The van der Waals surface area contributed by atoms with Crippen LogP contribution in [0.4, 0.5) is 8.78 Å². The number of Topliss-reactive ketones (excluding diaryl/α,β-unsaturated/α-hetero) is 1. The lowest BCUT2D eigenvalue weighted by atomic mass is 9.83. The highest BCUT2D eigenvalue weighted by Crippen LogP contribution is 2.41. The highest BCUT2D eigenvalue weighted by atomic mass is 32.2. The number of thioether (sulfide) groups is 1. The SMILES string of the molecule is CC(C)(C)[C@H](c1cc(-c2cc(F)ccc2F)cn1Cc1ccccc1)N(CCCN)C(=O)CSC[C@H](CC(=O)CCOCCOCCOCCOCCNC(=O)CCCCCN)C(=O)O. The maximum Gasteiger partial charge on any atom is 0.307 e. The molecule has 0 bridgehead atoms. The molecule has 362 valence electrons. The number of nitrogens with one attached hydrogen (secondary N) is 1. The lowest BCUT2D eigenvalue weighted by molar-refractivity contribution is -0.143. The number of hydrogen-bond acceptors (Lipinski definition) is 11. The molecule has 0 aliphatic heterocycles. The molecule has 1 aromatic heterocycles. The van der Waals surface area contributed by atoms with Gasteiger partial charge in [-0.25, -0.2) is 8.78 Å². The molecule has 14 nitrogen and oxygen atoms in total. The van der Waals surface area contributed by atoms with Crippen molar-refractivity contribution in [1.82, 2.24) is 14.8 Å². The summed E-state index contributed by atoms with van der Waals surface area (Å²) >= 11 is 1.15. The maximum absolute atomic E-state index is 15.1. The van der Waals surface area contributed by atoms with Gasteiger partial charge in [-0.2, -0.15) is 11.8 Å². The number of nitrogens with two attached hydrogens (primary N) is 2. The van der Waals surface area contributed by atoms with E-state index in [0.29, 0.717) is 90.8 Å². The predicted octanol–water partition coefficient (Wildman–Crippen LogP) is 6.23. The molecule has 6 N–H and O–H groups in total. The van der Waals surface area contributed by atoms with Crippen molar-refractivity contribution in [3.63, 3.8) is 0 Å². The van der Waals surface area contributed by atoms with Crippen molar-refractivity contribution in [2.24, 2.45) is 22.8 Å². The normalized spacial score (nSPS) is 12.5. The van der Waals surface area contributed by atoms with Gasteiger partial charge in [-0.15, -0.1) is 0 Å². The summed E-state index contributed by atoms with van der Waals surface area (Å²) in [5.41, 5.74) is 13.1. The van der Waals surface area contributed by atoms with Crippen molar-refractivity contribution in [2.45, 2.75) is 78.3 Å². The molecule has 17 heteroatoms. The standard InChI is InChI=1S/C48H71F2N5O9S/c1-48(2,3)46(43-30-37(41-31-39(49)14-15-42(41)50)33-54(43)32-36-11-6-4-7-12-36)55(20-10-18-52)45(58)35-65-34-38(47(59)60)29-40(56)16-21-61-23-25-63-27-28-64-26-24-62-22-19-53-44(57)13-8-5-9-17-51/h4,6-7,11-12,14-15,30-31,33,38,46H,5,8-10,13,16-29,32,34-35,51-52H2,1-3H3,(H,53,57)(H,59,60)/t38-,46-/m0/s1. The zero-order valence-electron chi connectivity index (χ0n) is 38.4. The van der Waals surface area contributed by atoms with Crippen molar-refractivity contribution in [3.8, 4) is 11.1 Å². The number of halogens is 2. The van der Waals surface area contributed by atoms with E-state index in [1.54, 1.807) is 11.1 Å². The summed E-state index contributed by atoms with van der Waals surface area (Å²) < 4.78 is 53.5. The van der Waals surface area contributed by atoms with Crippen molar-refractivity contribution < 1.29 is 52.0 Å². The minimum Gasteiger partial charge on any atom is -0.481 e. The second-order valence-electron chi connectivity index (χ2n) is 16.8. The number of unbranched alkanes of at least 4 members (excludes halogenated alkanes) is 2. The largest absolute Gasteiger partial charge is 0.481 e. The molecule has 2 aromatic carbocycles. The molecule has 0 aliphatic carbocycles. The van der Waals surface area contributed by atoms with E-state index in [0.717, 1.165) is 60.5 Å². The number of aromatic nitrogens is 1. The maximum atomic E-state index is 15.1. The number of carbonyl (C=O) groups is 4. The molecule has 3 rings (SSSR count). The van der Waals surface area contributed by atoms with Gasteiger partial charge in [0.15, 0.2) is 0 Å². The molecule has 0 aliphatic rings. The quantitative estimate of drug-likeness (QED) is 0.0486. The number of ether oxygens (including phenoxy) is 4. The number of benzene rings is 2. The predicted molar refractivity (Wildman–Crippen MR) is 249 cm³/mol. The highest BCUT2D eigenvalue weighted by Gasteiger charge is 2.37. The van der Waals surface area contributed by atoms with Gasteiger partial charge in [0.1, 0.15) is 17.4 Å². The van der Waals surface area contributed by atoms with Crippen molar-refractivity contribution in [3.05, 3.63) is 83.7 Å². The Morgan fingerprint density at radius 1 is 0.815 bits per heavy atom. The average Bonchev–Trinajstić information content (AvgIpc) is 3.67. The van der Waals surface area contributed by atoms with Gasteiger partial charge in [0.2, 0.25) is 11.8 Å². The molecule has 3 aromatic rings. The van der Waals surface area contributed by atoms with Crippen LogP contribution in [0.3, 0.4) is 0 Å². The first-order valence-corrected chi connectivity index (χ1v) is 23.7. The summed E-state index contributed by atoms with van der Waals surface area (Å²) in [7, 11) is 0. The van der Waals surface area contributed by atoms with E-state index in [1.807, 2.05) is 61.7 Å². The van der Waals surface area contributed by atoms with Crippen LogP contribution < -0.4 is 16.8 Å². The van der Waals surface area contributed by atoms with Crippen LogP contribution in [0.15, 0.2) is 60.8 Å². The van der Waals surface area contributed by atoms with E-state index in [9.17, 15) is 28.7 Å². The van der Waals surface area contributed by atoms with E-state index < -0.39 is 35.0 Å². The Bertz CT molecular complexity index is 1860. The molecule has 0 fully saturated rings. The van der Waals surface area contributed by atoms with Gasteiger partial charge < -0.3 is 50.3 Å². The third kappa shape index (κ3) is 21.3. The van der Waals surface area contributed by atoms with E-state index in [1.165, 1.54) is 0 Å². The second-order valence-corrected chi connectivity index (χ2v) is 17.9. The molecule has 0 unspecified atom stereocenters. The fourth-order valence-electron chi connectivity index (χ4n) is 7.14. The Morgan fingerprint density at radius 2 is 1.46 bits per heavy atom. The van der Waals surface area contributed by atoms with Crippen LogP contribution in [0.1, 0.15) is 83.0 Å². The van der Waals surface area contributed by atoms with Gasteiger partial charge in [0, 0.05) is 67.7 Å². The number of ketones is 1. The van der Waals surface area contributed by atoms with Crippen LogP contribution >= 0.6 is 11.8 Å². The minimum absolute atomic E-state index is 0.0115. The van der Waals surface area contributed by atoms with Crippen molar-refractivity contribution in [1.29, 1.82) is 0 Å². The molecule has 2 atom stereocenters. The summed E-state index contributed by atoms with van der Waals surface area (Å²) in [6.07, 6.45) is 5.32. The first kappa shape index (κ1) is 55.1. The molecular formula is C48H71F2N5O9S. The van der Waals surface area contributed by atoms with Gasteiger partial charge in [0.05, 0.1) is 70.6 Å². The third-order valence-electron chi connectivity index (χ3n) is 10.4. The number of hydrogen-bond donors (Lipinski definition) is 4. The number of carboxylic acid groups (broad SMARTS) is 1. The molecule has 0 radical (unpaired) electrons. The molecule has 0 saturated carbocycles. The van der Waals surface area contributed by atoms with E-state index >= 15 is 4.39 Å². The molecule has 1 heterocycles. The number of carbonyl (C=O) groups excluding carboxylic acids is 3. The van der Waals surface area contributed by atoms with Gasteiger partial charge in [0.25, 0.3) is 0 Å². The molecular weight excluding hydrogens is 861 g/mol. The van der Waals surface area contributed by atoms with Crippen molar-refractivity contribution >= 4 is 35.3 Å². The van der Waals surface area contributed by atoms with Crippen LogP contribution in [-0.4, -0.2) is 129 Å². The highest BCUT2D eigenvalue weighted by molar-refractivity contribution is 7.99. The Labute approximate surface area is 387 Å². The smallest absolute Gasteiger partial charge is 0.307 e. The van der Waals surface area contributed by atoms with Crippen LogP contribution in [0.5, 0.6) is 0 Å². The number of carboxylic acids is 1. The minimum atomic E-state index is -1.13. The number of nitrogens with zero attached hydrogens (tertiary/aromatic N) is 2. The van der Waals surface area contributed by atoms with Gasteiger partial charge in [-0.3, -0.25) is 19.2 Å². The van der Waals surface area contributed by atoms with Crippen LogP contribution in [0.2, 0.25) is 0 Å². The Kier molecular flexibility index (Phi) is 26.2. The Hall–Kier alpha value is -4.23. The average molecular weight is 932 g/mol. The number of aliphatic carboxylic acids is 1. The van der Waals surface area contributed by atoms with Crippen LogP contribution in [-0.2, 0) is 44.7 Å². The first-order chi connectivity index (χ1) is 31.2. The monoisotopic (exact) mass is 931 g/mol. The summed E-state index contributed by atoms with van der Waals surface area (Å²) in [6.45, 7) is 10.8.